The van der Waals surface area contributed by atoms with Crippen LogP contribution in [0.2, 0.25) is 0 Å². The molecule has 0 bridgehead atoms. The van der Waals surface area contributed by atoms with E-state index < -0.39 is 0 Å². The normalized spacial score (nSPS) is 11.3. The highest BCUT2D eigenvalue weighted by Gasteiger charge is 2.07. The quantitative estimate of drug-likeness (QED) is 0.179. The Bertz CT molecular complexity index is 941. The molecule has 1 aromatic carbocycles. The maximum atomic E-state index is 5.92. The van der Waals surface area contributed by atoms with Crippen LogP contribution in [0.5, 0.6) is 5.75 Å². The van der Waals surface area contributed by atoms with Crippen molar-refractivity contribution < 1.29 is 9.47 Å². The van der Waals surface area contributed by atoms with Gasteiger partial charge in [-0.1, -0.05) is 18.2 Å². The Morgan fingerprint density at radius 2 is 2.03 bits per heavy atom. The molecule has 3 rings (SSSR count). The number of aromatic nitrogens is 2. The Labute approximate surface area is 201 Å². The smallest absolute Gasteiger partial charge is 0.191 e. The molecule has 0 spiro atoms. The molecule has 2 aromatic heterocycles. The zero-order chi connectivity index (χ0) is 21.2. The number of aryl methyl sites for hydroxylation is 1. The molecule has 8 heteroatoms. The Hall–Kier alpha value is -2.33. The van der Waals surface area contributed by atoms with Crippen molar-refractivity contribution in [2.45, 2.75) is 26.8 Å². The molecule has 0 radical (unpaired) electrons. The summed E-state index contributed by atoms with van der Waals surface area (Å²) in [6.45, 7) is 7.23. The largest absolute Gasteiger partial charge is 0.491 e. The van der Waals surface area contributed by atoms with E-state index in [4.69, 9.17) is 9.47 Å². The maximum absolute atomic E-state index is 5.92. The van der Waals surface area contributed by atoms with Gasteiger partial charge in [-0.2, -0.15) is 0 Å². The average Bonchev–Trinajstić information content (AvgIpc) is 3.17. The lowest BCUT2D eigenvalue weighted by atomic mass is 10.1. The van der Waals surface area contributed by atoms with Crippen LogP contribution in [0.4, 0.5) is 0 Å². The van der Waals surface area contributed by atoms with E-state index in [9.17, 15) is 0 Å². The molecule has 2 heterocycles. The van der Waals surface area contributed by atoms with Gasteiger partial charge in [0, 0.05) is 51.1 Å². The summed E-state index contributed by atoms with van der Waals surface area (Å²) in [5.74, 6) is 1.63. The Kier molecular flexibility index (Phi) is 10.6. The minimum atomic E-state index is 0. The van der Waals surface area contributed by atoms with Crippen LogP contribution in [0.1, 0.15) is 23.7 Å². The molecule has 3 aromatic rings. The minimum Gasteiger partial charge on any atom is -0.491 e. The van der Waals surface area contributed by atoms with Crippen LogP contribution in [0.25, 0.3) is 5.65 Å². The number of guanidine groups is 1. The maximum Gasteiger partial charge on any atom is 0.191 e. The van der Waals surface area contributed by atoms with Crippen LogP contribution in [-0.4, -0.2) is 48.8 Å². The average molecular weight is 537 g/mol. The monoisotopic (exact) mass is 537 g/mol. The van der Waals surface area contributed by atoms with Crippen LogP contribution >= 0.6 is 24.0 Å². The fourth-order valence-corrected chi connectivity index (χ4v) is 3.11. The summed E-state index contributed by atoms with van der Waals surface area (Å²) < 4.78 is 13.3. The molecular weight excluding hydrogens is 505 g/mol. The third-order valence-electron chi connectivity index (χ3n) is 4.67. The number of nitrogens with zero attached hydrogens (tertiary/aromatic N) is 3. The zero-order valence-electron chi connectivity index (χ0n) is 18.4. The molecule has 0 aliphatic carbocycles. The van der Waals surface area contributed by atoms with Gasteiger partial charge >= 0.3 is 0 Å². The van der Waals surface area contributed by atoms with Gasteiger partial charge in [-0.25, -0.2) is 4.98 Å². The molecule has 0 atom stereocenters. The summed E-state index contributed by atoms with van der Waals surface area (Å²) in [6, 6.07) is 12.2. The zero-order valence-corrected chi connectivity index (χ0v) is 20.8. The van der Waals surface area contributed by atoms with E-state index in [0.717, 1.165) is 41.6 Å². The molecule has 0 fully saturated rings. The number of fused-ring (bicyclic) bond motifs is 1. The number of hydrogen-bond donors (Lipinski definition) is 2. The molecule has 0 aliphatic rings. The summed E-state index contributed by atoms with van der Waals surface area (Å²) >= 11 is 0. The number of benzene rings is 1. The minimum absolute atomic E-state index is 0. The van der Waals surface area contributed by atoms with Gasteiger partial charge in [0.25, 0.3) is 0 Å². The van der Waals surface area contributed by atoms with Crippen molar-refractivity contribution in [3.05, 3.63) is 65.6 Å². The van der Waals surface area contributed by atoms with Gasteiger partial charge in [0.05, 0.1) is 12.3 Å². The van der Waals surface area contributed by atoms with E-state index in [-0.39, 0.29) is 24.0 Å². The van der Waals surface area contributed by atoms with E-state index in [1.54, 1.807) is 7.05 Å². The third-order valence-corrected chi connectivity index (χ3v) is 4.67. The summed E-state index contributed by atoms with van der Waals surface area (Å²) in [5.41, 5.74) is 4.26. The Morgan fingerprint density at radius 1 is 1.16 bits per heavy atom. The lowest BCUT2D eigenvalue weighted by Crippen LogP contribution is -2.38. The van der Waals surface area contributed by atoms with Crippen LogP contribution in [0, 0.1) is 6.92 Å². The van der Waals surface area contributed by atoms with Gasteiger partial charge in [-0.05, 0) is 37.6 Å². The van der Waals surface area contributed by atoms with E-state index in [1.807, 2.05) is 35.7 Å². The number of pyridine rings is 1. The van der Waals surface area contributed by atoms with Crippen molar-refractivity contribution in [3.8, 4) is 5.75 Å². The summed E-state index contributed by atoms with van der Waals surface area (Å²) in [5, 5.41) is 6.71. The molecule has 0 aliphatic heterocycles. The van der Waals surface area contributed by atoms with Crippen molar-refractivity contribution in [1.29, 1.82) is 0 Å². The van der Waals surface area contributed by atoms with E-state index >= 15 is 0 Å². The summed E-state index contributed by atoms with van der Waals surface area (Å²) in [4.78, 5) is 8.95. The van der Waals surface area contributed by atoms with Crippen LogP contribution in [0.15, 0.2) is 53.8 Å². The molecule has 0 saturated heterocycles. The highest BCUT2D eigenvalue weighted by atomic mass is 127. The summed E-state index contributed by atoms with van der Waals surface area (Å²) in [7, 11) is 1.77. The van der Waals surface area contributed by atoms with E-state index in [2.05, 4.69) is 51.9 Å². The van der Waals surface area contributed by atoms with Crippen molar-refractivity contribution in [3.63, 3.8) is 0 Å². The molecule has 31 heavy (non-hydrogen) atoms. The fraction of sp³-hybridized carbons (Fsp3) is 0.391. The van der Waals surface area contributed by atoms with Crippen molar-refractivity contribution >= 4 is 35.6 Å². The number of nitrogens with one attached hydrogen (secondary N) is 2. The van der Waals surface area contributed by atoms with Crippen molar-refractivity contribution in [2.75, 3.05) is 33.4 Å². The van der Waals surface area contributed by atoms with Crippen LogP contribution in [0.3, 0.4) is 0 Å². The highest BCUT2D eigenvalue weighted by Crippen LogP contribution is 2.20. The van der Waals surface area contributed by atoms with Gasteiger partial charge in [-0.15, -0.1) is 24.0 Å². The first-order valence-corrected chi connectivity index (χ1v) is 10.4. The number of halogens is 1. The van der Waals surface area contributed by atoms with Crippen molar-refractivity contribution in [1.82, 2.24) is 20.0 Å². The van der Waals surface area contributed by atoms with E-state index in [0.29, 0.717) is 26.4 Å². The first-order valence-electron chi connectivity index (χ1n) is 10.4. The Morgan fingerprint density at radius 3 is 2.81 bits per heavy atom. The fourth-order valence-electron chi connectivity index (χ4n) is 3.11. The molecule has 7 nitrogen and oxygen atoms in total. The molecule has 0 amide bonds. The van der Waals surface area contributed by atoms with Gasteiger partial charge in [0.1, 0.15) is 18.0 Å². The third kappa shape index (κ3) is 7.70. The lowest BCUT2D eigenvalue weighted by Gasteiger charge is -2.15. The molecule has 2 N–H and O–H groups in total. The van der Waals surface area contributed by atoms with Gasteiger partial charge in [0.2, 0.25) is 0 Å². The number of imidazole rings is 1. The second-order valence-corrected chi connectivity index (χ2v) is 6.96. The predicted molar refractivity (Wildman–Crippen MR) is 136 cm³/mol. The molecular formula is C23H32IN5O2. The lowest BCUT2D eigenvalue weighted by molar-refractivity contribution is 0.110. The topological polar surface area (TPSA) is 72.2 Å². The first-order chi connectivity index (χ1) is 14.7. The number of aliphatic imine (C=N–C) groups is 1. The van der Waals surface area contributed by atoms with Gasteiger partial charge in [0.15, 0.2) is 5.96 Å². The molecule has 0 saturated carbocycles. The first kappa shape index (κ1) is 24.9. The molecule has 0 unspecified atom stereocenters. The highest BCUT2D eigenvalue weighted by molar-refractivity contribution is 14.0. The molecule has 168 valence electrons. The van der Waals surface area contributed by atoms with Gasteiger partial charge in [-0.3, -0.25) is 4.99 Å². The van der Waals surface area contributed by atoms with Crippen LogP contribution < -0.4 is 15.4 Å². The second-order valence-electron chi connectivity index (χ2n) is 6.96. The van der Waals surface area contributed by atoms with Crippen LogP contribution in [-0.2, 0) is 17.7 Å². The standard InChI is InChI=1S/C23H31N5O2.HI/c1-4-29-13-14-30-21-15-18(2)8-9-19(21)16-26-23(24-3)25-11-10-20-17-28-12-6-5-7-22(28)27-20;/h5-9,12,15,17H,4,10-11,13-14,16H2,1-3H3,(H2,24,25,26);1H. The Balaban J connectivity index is 0.00000341. The van der Waals surface area contributed by atoms with E-state index in [1.165, 1.54) is 5.56 Å². The van der Waals surface area contributed by atoms with Crippen molar-refractivity contribution in [2.24, 2.45) is 4.99 Å². The SMILES string of the molecule is CCOCCOc1cc(C)ccc1CNC(=NC)NCCc1cn2ccccc2n1.I. The second kappa shape index (κ2) is 13.2. The summed E-state index contributed by atoms with van der Waals surface area (Å²) in [6.07, 6.45) is 4.89. The van der Waals surface area contributed by atoms with Gasteiger partial charge < -0.3 is 24.5 Å². The number of rotatable bonds is 10. The number of ether oxygens (including phenoxy) is 2. The predicted octanol–water partition coefficient (Wildman–Crippen LogP) is 3.58. The number of hydrogen-bond acceptors (Lipinski definition) is 4.